The van der Waals surface area contributed by atoms with Crippen LogP contribution >= 0.6 is 0 Å². The molecule has 0 aliphatic carbocycles. The summed E-state index contributed by atoms with van der Waals surface area (Å²) in [6.45, 7) is 3.76. The number of aromatic amines is 1. The van der Waals surface area contributed by atoms with Gasteiger partial charge in [-0.15, -0.1) is 0 Å². The molecule has 1 aromatic heterocycles. The number of rotatable bonds is 3. The molecule has 1 rings (SSSR count). The van der Waals surface area contributed by atoms with Crippen LogP contribution in [0.25, 0.3) is 0 Å². The van der Waals surface area contributed by atoms with Crippen molar-refractivity contribution in [2.75, 3.05) is 0 Å². The van der Waals surface area contributed by atoms with Crippen LogP contribution in [0.15, 0.2) is 10.9 Å². The molecule has 1 heterocycles. The zero-order valence-electron chi connectivity index (χ0n) is 8.07. The van der Waals surface area contributed by atoms with Gasteiger partial charge in [-0.25, -0.2) is 4.98 Å². The molecule has 0 aromatic carbocycles. The Hall–Kier alpha value is -1.65. The molecular weight excluding hydrogens is 184 g/mol. The fourth-order valence-electron chi connectivity index (χ4n) is 1.05. The van der Waals surface area contributed by atoms with Crippen LogP contribution in [0.5, 0.6) is 0 Å². The summed E-state index contributed by atoms with van der Waals surface area (Å²) in [7, 11) is 0. The lowest BCUT2D eigenvalue weighted by Crippen LogP contribution is -2.15. The third-order valence-corrected chi connectivity index (χ3v) is 1.69. The van der Waals surface area contributed by atoms with Crippen molar-refractivity contribution >= 4 is 5.97 Å². The Balaban J connectivity index is 3.07. The maximum atomic E-state index is 11.1. The number of hydrogen-bond donors (Lipinski definition) is 2. The van der Waals surface area contributed by atoms with Gasteiger partial charge in [-0.05, 0) is 0 Å². The molecule has 0 unspecified atom stereocenters. The van der Waals surface area contributed by atoms with E-state index in [0.717, 1.165) is 0 Å². The summed E-state index contributed by atoms with van der Waals surface area (Å²) >= 11 is 0. The van der Waals surface area contributed by atoms with Crippen molar-refractivity contribution < 1.29 is 9.90 Å². The third kappa shape index (κ3) is 2.69. The van der Waals surface area contributed by atoms with Crippen molar-refractivity contribution in [2.24, 2.45) is 0 Å². The molecule has 5 nitrogen and oxygen atoms in total. The van der Waals surface area contributed by atoms with E-state index in [1.54, 1.807) is 0 Å². The lowest BCUT2D eigenvalue weighted by Gasteiger charge is -2.04. The molecule has 5 heteroatoms. The highest BCUT2D eigenvalue weighted by Gasteiger charge is 2.07. The molecule has 0 atom stereocenters. The van der Waals surface area contributed by atoms with Crippen molar-refractivity contribution in [1.82, 2.24) is 9.97 Å². The van der Waals surface area contributed by atoms with Crippen LogP contribution in [0.1, 0.15) is 31.3 Å². The Bertz CT molecular complexity index is 395. The highest BCUT2D eigenvalue weighted by atomic mass is 16.4. The predicted octanol–water partition coefficient (Wildman–Crippen LogP) is 0.520. The number of carboxylic acids is 1. The predicted molar refractivity (Wildman–Crippen MR) is 50.3 cm³/mol. The van der Waals surface area contributed by atoms with Crippen LogP contribution in [-0.4, -0.2) is 21.0 Å². The average molecular weight is 196 g/mol. The Morgan fingerprint density at radius 1 is 1.64 bits per heavy atom. The fraction of sp³-hybridized carbons (Fsp3) is 0.444. The van der Waals surface area contributed by atoms with E-state index in [-0.39, 0.29) is 17.9 Å². The first kappa shape index (κ1) is 10.4. The van der Waals surface area contributed by atoms with Crippen LogP contribution in [-0.2, 0) is 11.2 Å². The summed E-state index contributed by atoms with van der Waals surface area (Å²) in [5, 5.41) is 8.54. The molecule has 1 aromatic rings. The van der Waals surface area contributed by atoms with E-state index in [1.807, 2.05) is 13.8 Å². The number of hydrogen-bond acceptors (Lipinski definition) is 3. The Morgan fingerprint density at radius 3 is 2.79 bits per heavy atom. The molecule has 0 saturated carbocycles. The van der Waals surface area contributed by atoms with Crippen LogP contribution in [0, 0.1) is 0 Å². The zero-order chi connectivity index (χ0) is 10.7. The molecule has 0 spiro atoms. The fourth-order valence-corrected chi connectivity index (χ4v) is 1.05. The van der Waals surface area contributed by atoms with Crippen LogP contribution in [0.3, 0.4) is 0 Å². The summed E-state index contributed by atoms with van der Waals surface area (Å²) in [4.78, 5) is 28.1. The Labute approximate surface area is 80.8 Å². The molecule has 0 bridgehead atoms. The molecule has 0 saturated heterocycles. The number of aliphatic carboxylic acids is 1. The summed E-state index contributed by atoms with van der Waals surface area (Å²) < 4.78 is 0. The van der Waals surface area contributed by atoms with E-state index in [0.29, 0.717) is 11.5 Å². The van der Waals surface area contributed by atoms with E-state index in [4.69, 9.17) is 5.11 Å². The summed E-state index contributed by atoms with van der Waals surface area (Å²) in [5.74, 6) is -0.386. The van der Waals surface area contributed by atoms with Gasteiger partial charge in [-0.1, -0.05) is 13.8 Å². The molecule has 0 radical (unpaired) electrons. The minimum absolute atomic E-state index is 0.0800. The van der Waals surface area contributed by atoms with E-state index < -0.39 is 5.97 Å². The lowest BCUT2D eigenvalue weighted by atomic mass is 10.2. The number of nitrogens with zero attached hydrogens (tertiary/aromatic N) is 1. The maximum Gasteiger partial charge on any atom is 0.309 e. The minimum Gasteiger partial charge on any atom is -0.481 e. The molecule has 14 heavy (non-hydrogen) atoms. The topological polar surface area (TPSA) is 83.0 Å². The lowest BCUT2D eigenvalue weighted by molar-refractivity contribution is -0.136. The van der Waals surface area contributed by atoms with Crippen LogP contribution < -0.4 is 5.56 Å². The standard InChI is InChI=1S/C9H12N2O3/c1-5(2)9-10-6(4-8(13)14)3-7(12)11-9/h3,5H,4H2,1-2H3,(H,13,14)(H,10,11,12). The largest absolute Gasteiger partial charge is 0.481 e. The molecule has 0 aliphatic rings. The second-order valence-electron chi connectivity index (χ2n) is 3.35. The van der Waals surface area contributed by atoms with Crippen LogP contribution in [0.4, 0.5) is 0 Å². The number of H-pyrrole nitrogens is 1. The van der Waals surface area contributed by atoms with Gasteiger partial charge in [0.1, 0.15) is 5.82 Å². The molecular formula is C9H12N2O3. The van der Waals surface area contributed by atoms with E-state index >= 15 is 0 Å². The molecule has 76 valence electrons. The van der Waals surface area contributed by atoms with Gasteiger partial charge in [0.2, 0.25) is 0 Å². The highest BCUT2D eigenvalue weighted by Crippen LogP contribution is 2.06. The second-order valence-corrected chi connectivity index (χ2v) is 3.35. The maximum absolute atomic E-state index is 11.1. The molecule has 0 fully saturated rings. The average Bonchev–Trinajstić information content (AvgIpc) is 2.01. The van der Waals surface area contributed by atoms with Gasteiger partial charge in [0.25, 0.3) is 5.56 Å². The minimum atomic E-state index is -0.988. The SMILES string of the molecule is CC(C)c1nc(CC(=O)O)cc(=O)[nH]1. The Morgan fingerprint density at radius 2 is 2.29 bits per heavy atom. The summed E-state index contributed by atoms with van der Waals surface area (Å²) in [5.41, 5.74) is -0.00935. The normalized spacial score (nSPS) is 10.5. The number of carbonyl (C=O) groups is 1. The van der Waals surface area contributed by atoms with Crippen LogP contribution in [0.2, 0.25) is 0 Å². The van der Waals surface area contributed by atoms with E-state index in [2.05, 4.69) is 9.97 Å². The first-order valence-corrected chi connectivity index (χ1v) is 4.31. The van der Waals surface area contributed by atoms with Gasteiger partial charge in [0.05, 0.1) is 12.1 Å². The van der Waals surface area contributed by atoms with E-state index in [1.165, 1.54) is 6.07 Å². The number of carboxylic acid groups (broad SMARTS) is 1. The van der Waals surface area contributed by atoms with E-state index in [9.17, 15) is 9.59 Å². The third-order valence-electron chi connectivity index (χ3n) is 1.69. The Kier molecular flexibility index (Phi) is 3.01. The van der Waals surface area contributed by atoms with Crippen molar-refractivity contribution in [3.63, 3.8) is 0 Å². The summed E-state index contributed by atoms with van der Waals surface area (Å²) in [6, 6.07) is 1.21. The summed E-state index contributed by atoms with van der Waals surface area (Å²) in [6.07, 6.45) is -0.219. The van der Waals surface area contributed by atoms with Gasteiger partial charge in [0.15, 0.2) is 0 Å². The van der Waals surface area contributed by atoms with Crippen molar-refractivity contribution in [2.45, 2.75) is 26.2 Å². The first-order chi connectivity index (χ1) is 6.49. The smallest absolute Gasteiger partial charge is 0.309 e. The van der Waals surface area contributed by atoms with Gasteiger partial charge >= 0.3 is 5.97 Å². The monoisotopic (exact) mass is 196 g/mol. The number of nitrogens with one attached hydrogen (secondary N) is 1. The molecule has 0 aliphatic heterocycles. The van der Waals surface area contributed by atoms with Gasteiger partial charge < -0.3 is 10.1 Å². The highest BCUT2D eigenvalue weighted by molar-refractivity contribution is 5.69. The van der Waals surface area contributed by atoms with Gasteiger partial charge in [-0.2, -0.15) is 0 Å². The van der Waals surface area contributed by atoms with Crippen molar-refractivity contribution in [1.29, 1.82) is 0 Å². The molecule has 2 N–H and O–H groups in total. The number of aromatic nitrogens is 2. The van der Waals surface area contributed by atoms with Gasteiger partial charge in [-0.3, -0.25) is 9.59 Å². The van der Waals surface area contributed by atoms with Gasteiger partial charge in [0, 0.05) is 12.0 Å². The van der Waals surface area contributed by atoms with Crippen molar-refractivity contribution in [3.8, 4) is 0 Å². The van der Waals surface area contributed by atoms with Crippen molar-refractivity contribution in [3.05, 3.63) is 27.9 Å². The quantitative estimate of drug-likeness (QED) is 0.738. The first-order valence-electron chi connectivity index (χ1n) is 4.31. The second kappa shape index (κ2) is 4.04. The molecule has 0 amide bonds. The zero-order valence-corrected chi connectivity index (χ0v) is 8.07.